The molecule has 1 saturated heterocycles. The van der Waals surface area contributed by atoms with Gasteiger partial charge in [0.05, 0.1) is 11.4 Å². The highest BCUT2D eigenvalue weighted by Crippen LogP contribution is 2.22. The molecular weight excluding hydrogens is 346 g/mol. The van der Waals surface area contributed by atoms with E-state index < -0.39 is 0 Å². The van der Waals surface area contributed by atoms with E-state index in [2.05, 4.69) is 29.3 Å². The Labute approximate surface area is 158 Å². The molecule has 1 aliphatic heterocycles. The van der Waals surface area contributed by atoms with Gasteiger partial charge in [0.15, 0.2) is 0 Å². The molecular formula is C20H25N3O2S. The topological polar surface area (TPSA) is 52.7 Å². The van der Waals surface area contributed by atoms with Crippen LogP contribution >= 0.6 is 11.3 Å². The summed E-state index contributed by atoms with van der Waals surface area (Å²) in [7, 11) is 0. The van der Waals surface area contributed by atoms with Gasteiger partial charge < -0.3 is 10.2 Å². The van der Waals surface area contributed by atoms with Crippen molar-refractivity contribution in [2.45, 2.75) is 20.8 Å². The minimum absolute atomic E-state index is 0.00177. The lowest BCUT2D eigenvalue weighted by atomic mass is 10.1. The monoisotopic (exact) mass is 371 g/mol. The van der Waals surface area contributed by atoms with E-state index in [4.69, 9.17) is 0 Å². The van der Waals surface area contributed by atoms with E-state index in [1.807, 2.05) is 36.3 Å². The van der Waals surface area contributed by atoms with Crippen molar-refractivity contribution in [1.29, 1.82) is 0 Å². The van der Waals surface area contributed by atoms with Crippen LogP contribution in [0.1, 0.15) is 26.4 Å². The van der Waals surface area contributed by atoms with Crippen LogP contribution in [0.5, 0.6) is 0 Å². The summed E-state index contributed by atoms with van der Waals surface area (Å²) in [6.45, 7) is 9.21. The number of carbonyl (C=O) groups excluding carboxylic acids is 2. The molecule has 5 nitrogen and oxygen atoms in total. The highest BCUT2D eigenvalue weighted by molar-refractivity contribution is 7.12. The SMILES string of the molecule is Cc1cc(C)c(NC(=O)CN2CCN(C(=O)c3cccs3)CC2)c(C)c1. The van der Waals surface area contributed by atoms with Gasteiger partial charge in [-0.1, -0.05) is 23.8 Å². The zero-order valence-corrected chi connectivity index (χ0v) is 16.4. The number of aryl methyl sites for hydroxylation is 3. The zero-order valence-electron chi connectivity index (χ0n) is 15.5. The minimum atomic E-state index is -0.00177. The van der Waals surface area contributed by atoms with Crippen LogP contribution in [0, 0.1) is 20.8 Å². The molecule has 26 heavy (non-hydrogen) atoms. The Morgan fingerprint density at radius 1 is 1.08 bits per heavy atom. The molecule has 138 valence electrons. The number of benzene rings is 1. The Balaban J connectivity index is 1.52. The van der Waals surface area contributed by atoms with E-state index in [1.165, 1.54) is 16.9 Å². The number of hydrogen-bond donors (Lipinski definition) is 1. The second-order valence-corrected chi connectivity index (χ2v) is 7.82. The number of hydrogen-bond acceptors (Lipinski definition) is 4. The summed E-state index contributed by atoms with van der Waals surface area (Å²) >= 11 is 1.47. The van der Waals surface area contributed by atoms with Crippen molar-refractivity contribution in [1.82, 2.24) is 9.80 Å². The van der Waals surface area contributed by atoms with Gasteiger partial charge in [0.1, 0.15) is 0 Å². The number of nitrogens with zero attached hydrogens (tertiary/aromatic N) is 2. The lowest BCUT2D eigenvalue weighted by molar-refractivity contribution is -0.117. The summed E-state index contributed by atoms with van der Waals surface area (Å²) in [5.74, 6) is 0.0908. The maximum absolute atomic E-state index is 12.4. The summed E-state index contributed by atoms with van der Waals surface area (Å²) in [4.78, 5) is 29.6. The number of piperazine rings is 1. The fourth-order valence-electron chi connectivity index (χ4n) is 3.42. The molecule has 1 N–H and O–H groups in total. The average molecular weight is 372 g/mol. The van der Waals surface area contributed by atoms with Gasteiger partial charge >= 0.3 is 0 Å². The molecule has 1 aliphatic rings. The molecule has 0 spiro atoms. The first kappa shape index (κ1) is 18.6. The van der Waals surface area contributed by atoms with E-state index in [-0.39, 0.29) is 11.8 Å². The van der Waals surface area contributed by atoms with Gasteiger partial charge in [-0.15, -0.1) is 11.3 Å². The molecule has 0 unspecified atom stereocenters. The highest BCUT2D eigenvalue weighted by Gasteiger charge is 2.24. The second-order valence-electron chi connectivity index (χ2n) is 6.87. The van der Waals surface area contributed by atoms with Gasteiger partial charge in [-0.05, 0) is 43.3 Å². The quantitative estimate of drug-likeness (QED) is 0.899. The van der Waals surface area contributed by atoms with Gasteiger partial charge in [0.25, 0.3) is 5.91 Å². The van der Waals surface area contributed by atoms with Crippen LogP contribution in [-0.4, -0.2) is 54.3 Å². The molecule has 2 heterocycles. The lowest BCUT2D eigenvalue weighted by Gasteiger charge is -2.34. The van der Waals surface area contributed by atoms with Crippen molar-refractivity contribution < 1.29 is 9.59 Å². The summed E-state index contributed by atoms with van der Waals surface area (Å²) in [5, 5.41) is 4.97. The first-order chi connectivity index (χ1) is 12.4. The minimum Gasteiger partial charge on any atom is -0.335 e. The largest absolute Gasteiger partial charge is 0.335 e. The Morgan fingerprint density at radius 2 is 1.73 bits per heavy atom. The Kier molecular flexibility index (Phi) is 5.74. The van der Waals surface area contributed by atoms with Crippen LogP contribution in [0.15, 0.2) is 29.6 Å². The number of rotatable bonds is 4. The van der Waals surface area contributed by atoms with Crippen LogP contribution in [0.25, 0.3) is 0 Å². The second kappa shape index (κ2) is 8.01. The summed E-state index contributed by atoms with van der Waals surface area (Å²) < 4.78 is 0. The standard InChI is InChI=1S/C20H25N3O2S/c1-14-11-15(2)19(16(3)12-14)21-18(24)13-22-6-8-23(9-7-22)20(25)17-5-4-10-26-17/h4-5,10-12H,6-9,13H2,1-3H3,(H,21,24). The maximum atomic E-state index is 12.4. The average Bonchev–Trinajstić information content (AvgIpc) is 3.13. The first-order valence-electron chi connectivity index (χ1n) is 8.87. The van der Waals surface area contributed by atoms with Crippen LogP contribution < -0.4 is 5.32 Å². The smallest absolute Gasteiger partial charge is 0.264 e. The third kappa shape index (κ3) is 4.31. The molecule has 1 fully saturated rings. The normalized spacial score (nSPS) is 15.1. The number of nitrogens with one attached hydrogen (secondary N) is 1. The third-order valence-corrected chi connectivity index (χ3v) is 5.56. The van der Waals surface area contributed by atoms with Crippen molar-refractivity contribution >= 4 is 28.8 Å². The molecule has 0 bridgehead atoms. The van der Waals surface area contributed by atoms with E-state index in [0.29, 0.717) is 19.6 Å². The number of anilines is 1. The fraction of sp³-hybridized carbons (Fsp3) is 0.400. The van der Waals surface area contributed by atoms with Crippen molar-refractivity contribution in [3.05, 3.63) is 51.2 Å². The number of carbonyl (C=O) groups is 2. The van der Waals surface area contributed by atoms with Crippen molar-refractivity contribution in [3.63, 3.8) is 0 Å². The molecule has 3 rings (SSSR count). The number of amides is 2. The van der Waals surface area contributed by atoms with Gasteiger partial charge in [-0.2, -0.15) is 0 Å². The Morgan fingerprint density at radius 3 is 2.31 bits per heavy atom. The summed E-state index contributed by atoms with van der Waals surface area (Å²) in [6.07, 6.45) is 0. The van der Waals surface area contributed by atoms with E-state index in [1.54, 1.807) is 0 Å². The molecule has 6 heteroatoms. The third-order valence-electron chi connectivity index (χ3n) is 4.70. The van der Waals surface area contributed by atoms with Gasteiger partial charge in [0.2, 0.25) is 5.91 Å². The lowest BCUT2D eigenvalue weighted by Crippen LogP contribution is -2.50. The van der Waals surface area contributed by atoms with Gasteiger partial charge in [-0.3, -0.25) is 14.5 Å². The highest BCUT2D eigenvalue weighted by atomic mass is 32.1. The van der Waals surface area contributed by atoms with Crippen molar-refractivity contribution in [3.8, 4) is 0 Å². The van der Waals surface area contributed by atoms with Crippen LogP contribution in [0.4, 0.5) is 5.69 Å². The van der Waals surface area contributed by atoms with E-state index >= 15 is 0 Å². The maximum Gasteiger partial charge on any atom is 0.264 e. The zero-order chi connectivity index (χ0) is 18.7. The van der Waals surface area contributed by atoms with Crippen LogP contribution in [0.3, 0.4) is 0 Å². The molecule has 0 radical (unpaired) electrons. The summed E-state index contributed by atoms with van der Waals surface area (Å²) in [5.41, 5.74) is 4.28. The molecule has 0 saturated carbocycles. The molecule has 1 aromatic carbocycles. The van der Waals surface area contributed by atoms with Crippen LogP contribution in [0.2, 0.25) is 0 Å². The van der Waals surface area contributed by atoms with Crippen molar-refractivity contribution in [2.24, 2.45) is 0 Å². The van der Waals surface area contributed by atoms with Gasteiger partial charge in [-0.25, -0.2) is 0 Å². The Bertz CT molecular complexity index is 770. The molecule has 1 aromatic heterocycles. The van der Waals surface area contributed by atoms with E-state index in [0.717, 1.165) is 34.8 Å². The summed E-state index contributed by atoms with van der Waals surface area (Å²) in [6, 6.07) is 7.92. The molecule has 2 amide bonds. The van der Waals surface area contributed by atoms with E-state index in [9.17, 15) is 9.59 Å². The first-order valence-corrected chi connectivity index (χ1v) is 9.75. The predicted octanol–water partition coefficient (Wildman–Crippen LogP) is 3.07. The van der Waals surface area contributed by atoms with Crippen LogP contribution in [-0.2, 0) is 4.79 Å². The molecule has 0 aliphatic carbocycles. The van der Waals surface area contributed by atoms with Crippen molar-refractivity contribution in [2.75, 3.05) is 38.0 Å². The number of thiophene rings is 1. The van der Waals surface area contributed by atoms with Gasteiger partial charge in [0, 0.05) is 31.9 Å². The molecule has 2 aromatic rings. The fourth-order valence-corrected chi connectivity index (χ4v) is 4.12. The molecule has 0 atom stereocenters. The predicted molar refractivity (Wildman–Crippen MR) is 106 cm³/mol. The Hall–Kier alpha value is -2.18.